The molecule has 0 N–H and O–H groups in total. The standard InChI is InChI=1S/C12H24P2.C2H6/c1-8-9-6-7-10(8)12(14(4)5)11(9)13(2)3;1-2/h8-12H,6-7H2,1-5H3;1-2H3. The zero-order valence-electron chi connectivity index (χ0n) is 12.2. The Morgan fingerprint density at radius 2 is 1.06 bits per heavy atom. The lowest BCUT2D eigenvalue weighted by atomic mass is 9.99. The highest BCUT2D eigenvalue weighted by molar-refractivity contribution is 7.61. The lowest BCUT2D eigenvalue weighted by Crippen LogP contribution is -2.29. The average Bonchev–Trinajstić information content (AvgIpc) is 2.74. The Morgan fingerprint density at radius 1 is 0.750 bits per heavy atom. The summed E-state index contributed by atoms with van der Waals surface area (Å²) in [6.45, 7) is 16.6. The van der Waals surface area contributed by atoms with Gasteiger partial charge in [0, 0.05) is 0 Å². The fourth-order valence-electron chi connectivity index (χ4n) is 4.08. The maximum absolute atomic E-state index is 2.53. The first kappa shape index (κ1) is 14.9. The third kappa shape index (κ3) is 2.49. The van der Waals surface area contributed by atoms with Crippen molar-refractivity contribution in [3.63, 3.8) is 0 Å². The van der Waals surface area contributed by atoms with Crippen molar-refractivity contribution >= 4 is 15.8 Å². The zero-order chi connectivity index (χ0) is 12.5. The normalized spacial score (nSPS) is 41.4. The van der Waals surface area contributed by atoms with Crippen molar-refractivity contribution in [3.05, 3.63) is 0 Å². The second-order valence-electron chi connectivity index (χ2n) is 5.67. The van der Waals surface area contributed by atoms with Crippen LogP contribution < -0.4 is 0 Å². The van der Waals surface area contributed by atoms with Crippen LogP contribution in [0, 0.1) is 17.8 Å². The van der Waals surface area contributed by atoms with Gasteiger partial charge < -0.3 is 0 Å². The van der Waals surface area contributed by atoms with Crippen molar-refractivity contribution in [2.45, 2.75) is 44.9 Å². The van der Waals surface area contributed by atoms with Gasteiger partial charge >= 0.3 is 0 Å². The van der Waals surface area contributed by atoms with Crippen molar-refractivity contribution in [2.75, 3.05) is 26.7 Å². The molecule has 16 heavy (non-hydrogen) atoms. The molecule has 0 aromatic heterocycles. The van der Waals surface area contributed by atoms with E-state index in [0.717, 1.165) is 29.1 Å². The van der Waals surface area contributed by atoms with Crippen molar-refractivity contribution in [1.29, 1.82) is 0 Å². The van der Waals surface area contributed by atoms with E-state index in [2.05, 4.69) is 33.6 Å². The smallest absolute Gasteiger partial charge is 0.0113 e. The molecule has 96 valence electrons. The topological polar surface area (TPSA) is 0 Å². The summed E-state index contributed by atoms with van der Waals surface area (Å²) in [5.41, 5.74) is 2.25. The van der Waals surface area contributed by atoms with Crippen LogP contribution in [0.15, 0.2) is 0 Å². The first-order valence-corrected chi connectivity index (χ1v) is 11.5. The molecule has 0 aromatic rings. The van der Waals surface area contributed by atoms with E-state index in [4.69, 9.17) is 0 Å². The number of rotatable bonds is 2. The van der Waals surface area contributed by atoms with Gasteiger partial charge in [-0.15, -0.1) is 15.8 Å². The molecule has 2 aliphatic carbocycles. The molecule has 0 radical (unpaired) electrons. The molecule has 2 bridgehead atoms. The molecule has 2 saturated carbocycles. The highest BCUT2D eigenvalue weighted by Crippen LogP contribution is 2.65. The van der Waals surface area contributed by atoms with Crippen LogP contribution in [0.2, 0.25) is 0 Å². The molecule has 2 aliphatic rings. The van der Waals surface area contributed by atoms with Crippen LogP contribution in [0.3, 0.4) is 0 Å². The van der Waals surface area contributed by atoms with Gasteiger partial charge in [0.2, 0.25) is 0 Å². The van der Waals surface area contributed by atoms with Crippen LogP contribution in [0.4, 0.5) is 0 Å². The minimum absolute atomic E-state index is 0.302. The first-order valence-electron chi connectivity index (χ1n) is 6.87. The third-order valence-corrected chi connectivity index (χ3v) is 8.63. The van der Waals surface area contributed by atoms with Gasteiger partial charge in [-0.3, -0.25) is 0 Å². The van der Waals surface area contributed by atoms with E-state index in [0.29, 0.717) is 15.8 Å². The molecule has 0 heterocycles. The van der Waals surface area contributed by atoms with Gasteiger partial charge in [0.05, 0.1) is 0 Å². The van der Waals surface area contributed by atoms with Gasteiger partial charge in [0.15, 0.2) is 0 Å². The minimum atomic E-state index is 0.302. The van der Waals surface area contributed by atoms with Crippen LogP contribution in [0.25, 0.3) is 0 Å². The van der Waals surface area contributed by atoms with Crippen molar-refractivity contribution in [3.8, 4) is 0 Å². The molecule has 0 saturated heterocycles. The van der Waals surface area contributed by atoms with Gasteiger partial charge in [0.25, 0.3) is 0 Å². The molecule has 4 atom stereocenters. The predicted octanol–water partition coefficient (Wildman–Crippen LogP) is 4.91. The summed E-state index contributed by atoms with van der Waals surface area (Å²) in [6.07, 6.45) is 3.10. The molecule has 0 amide bonds. The highest BCUT2D eigenvalue weighted by Gasteiger charge is 2.53. The lowest BCUT2D eigenvalue weighted by molar-refractivity contribution is 0.449. The summed E-state index contributed by atoms with van der Waals surface area (Å²) >= 11 is 0. The molecule has 2 heteroatoms. The zero-order valence-corrected chi connectivity index (χ0v) is 14.0. The minimum Gasteiger partial charge on any atom is -0.109 e. The summed E-state index contributed by atoms with van der Waals surface area (Å²) in [4.78, 5) is 0. The molecular formula is C14H30P2. The van der Waals surface area contributed by atoms with E-state index in [-0.39, 0.29) is 0 Å². The number of hydrogen-bond acceptors (Lipinski definition) is 0. The monoisotopic (exact) mass is 260 g/mol. The molecular weight excluding hydrogens is 230 g/mol. The number of fused-ring (bicyclic) bond motifs is 2. The van der Waals surface area contributed by atoms with E-state index in [1.54, 1.807) is 12.8 Å². The van der Waals surface area contributed by atoms with Crippen LogP contribution in [-0.4, -0.2) is 38.0 Å². The van der Waals surface area contributed by atoms with Gasteiger partial charge in [-0.25, -0.2) is 0 Å². The van der Waals surface area contributed by atoms with Crippen LogP contribution in [0.5, 0.6) is 0 Å². The van der Waals surface area contributed by atoms with Crippen LogP contribution in [-0.2, 0) is 0 Å². The van der Waals surface area contributed by atoms with E-state index in [1.165, 1.54) is 0 Å². The van der Waals surface area contributed by atoms with Crippen molar-refractivity contribution in [1.82, 2.24) is 0 Å². The van der Waals surface area contributed by atoms with Crippen LogP contribution in [0.1, 0.15) is 33.6 Å². The molecule has 2 rings (SSSR count). The SMILES string of the molecule is CC.CC1C2CCC1C(P(C)C)C2P(C)C. The predicted molar refractivity (Wildman–Crippen MR) is 81.8 cm³/mol. The summed E-state index contributed by atoms with van der Waals surface area (Å²) in [5.74, 6) is 3.27. The van der Waals surface area contributed by atoms with Gasteiger partial charge in [-0.2, -0.15) is 0 Å². The van der Waals surface area contributed by atoms with E-state index in [1.807, 2.05) is 13.8 Å². The van der Waals surface area contributed by atoms with Crippen molar-refractivity contribution < 1.29 is 0 Å². The van der Waals surface area contributed by atoms with E-state index < -0.39 is 0 Å². The fraction of sp³-hybridized carbons (Fsp3) is 1.00. The van der Waals surface area contributed by atoms with Crippen LogP contribution >= 0.6 is 15.8 Å². The van der Waals surface area contributed by atoms with Crippen molar-refractivity contribution in [2.24, 2.45) is 17.8 Å². The third-order valence-electron chi connectivity index (χ3n) is 4.60. The number of hydrogen-bond donors (Lipinski definition) is 0. The Balaban J connectivity index is 0.000000606. The Labute approximate surface area is 105 Å². The van der Waals surface area contributed by atoms with E-state index >= 15 is 0 Å². The Morgan fingerprint density at radius 3 is 1.31 bits per heavy atom. The molecule has 0 aromatic carbocycles. The van der Waals surface area contributed by atoms with Gasteiger partial charge in [-0.05, 0) is 68.6 Å². The average molecular weight is 260 g/mol. The molecule has 0 spiro atoms. The molecule has 4 unspecified atom stereocenters. The summed E-state index contributed by atoms with van der Waals surface area (Å²) in [7, 11) is 0.603. The highest BCUT2D eigenvalue weighted by atomic mass is 31.1. The molecule has 0 nitrogen and oxygen atoms in total. The molecule has 2 fully saturated rings. The van der Waals surface area contributed by atoms with Gasteiger partial charge in [-0.1, -0.05) is 20.8 Å². The quantitative estimate of drug-likeness (QED) is 0.619. The Hall–Kier alpha value is 0.860. The summed E-state index contributed by atoms with van der Waals surface area (Å²) in [5, 5.41) is 0. The lowest BCUT2D eigenvalue weighted by Gasteiger charge is -2.36. The summed E-state index contributed by atoms with van der Waals surface area (Å²) in [6, 6.07) is 0. The fourth-order valence-corrected chi connectivity index (χ4v) is 9.71. The second kappa shape index (κ2) is 6.15. The van der Waals surface area contributed by atoms with Gasteiger partial charge in [0.1, 0.15) is 0 Å². The maximum atomic E-state index is 2.53. The second-order valence-corrected chi connectivity index (χ2v) is 10.7. The van der Waals surface area contributed by atoms with E-state index in [9.17, 15) is 0 Å². The Bertz CT molecular complexity index is 191. The largest absolute Gasteiger partial charge is 0.109 e. The summed E-state index contributed by atoms with van der Waals surface area (Å²) < 4.78 is 0. The maximum Gasteiger partial charge on any atom is -0.0113 e. The first-order chi connectivity index (χ1) is 7.54. The molecule has 0 aliphatic heterocycles. The Kier molecular flexibility index (Phi) is 5.74.